The summed E-state index contributed by atoms with van der Waals surface area (Å²) in [5.41, 5.74) is 0.886. The molecule has 2 aromatic heterocycles. The van der Waals surface area contributed by atoms with E-state index in [0.29, 0.717) is 22.6 Å². The number of nitrogens with one attached hydrogen (secondary N) is 1. The SMILES string of the molecule is COc1ccc(CNc2ccc3nnc(C(F)(F)F)n3n2)c(OC2CCCC2)c1. The number of halogens is 3. The van der Waals surface area contributed by atoms with Crippen molar-refractivity contribution in [2.75, 3.05) is 12.4 Å². The molecule has 10 heteroatoms. The fourth-order valence-corrected chi connectivity index (χ4v) is 3.35. The lowest BCUT2D eigenvalue weighted by molar-refractivity contribution is -0.146. The number of fused-ring (bicyclic) bond motifs is 1. The topological polar surface area (TPSA) is 73.6 Å². The molecule has 1 N–H and O–H groups in total. The molecular weight excluding hydrogens is 387 g/mol. The number of anilines is 1. The second kappa shape index (κ2) is 7.76. The second-order valence-corrected chi connectivity index (χ2v) is 6.86. The highest BCUT2D eigenvalue weighted by Gasteiger charge is 2.37. The van der Waals surface area contributed by atoms with Gasteiger partial charge in [-0.3, -0.25) is 0 Å². The molecule has 29 heavy (non-hydrogen) atoms. The van der Waals surface area contributed by atoms with Crippen molar-refractivity contribution in [1.29, 1.82) is 0 Å². The molecule has 0 aliphatic heterocycles. The molecule has 0 amide bonds. The molecule has 0 saturated heterocycles. The summed E-state index contributed by atoms with van der Waals surface area (Å²) >= 11 is 0. The van der Waals surface area contributed by atoms with Gasteiger partial charge in [0.1, 0.15) is 17.3 Å². The smallest absolute Gasteiger partial charge is 0.453 e. The molecule has 1 fully saturated rings. The highest BCUT2D eigenvalue weighted by molar-refractivity contribution is 5.47. The van der Waals surface area contributed by atoms with Crippen LogP contribution < -0.4 is 14.8 Å². The number of nitrogens with zero attached hydrogens (tertiary/aromatic N) is 4. The first-order valence-electron chi connectivity index (χ1n) is 9.31. The quantitative estimate of drug-likeness (QED) is 0.664. The van der Waals surface area contributed by atoms with Crippen LogP contribution >= 0.6 is 0 Å². The largest absolute Gasteiger partial charge is 0.497 e. The van der Waals surface area contributed by atoms with Crippen LogP contribution in [-0.4, -0.2) is 33.0 Å². The summed E-state index contributed by atoms with van der Waals surface area (Å²) in [5.74, 6) is 0.488. The monoisotopic (exact) mass is 407 g/mol. The maximum Gasteiger partial charge on any atom is 0.453 e. The zero-order chi connectivity index (χ0) is 20.4. The molecular formula is C19H20F3N5O2. The average molecular weight is 407 g/mol. The first-order chi connectivity index (χ1) is 13.9. The first-order valence-corrected chi connectivity index (χ1v) is 9.31. The zero-order valence-electron chi connectivity index (χ0n) is 15.7. The third-order valence-corrected chi connectivity index (χ3v) is 4.85. The first kappa shape index (κ1) is 19.3. The number of hydrogen-bond donors (Lipinski definition) is 1. The number of aromatic nitrogens is 4. The normalized spacial score (nSPS) is 15.0. The van der Waals surface area contributed by atoms with Crippen LogP contribution in [0.25, 0.3) is 5.65 Å². The Labute approximate surface area is 164 Å². The van der Waals surface area contributed by atoms with E-state index in [1.54, 1.807) is 13.2 Å². The molecule has 7 nitrogen and oxygen atoms in total. The van der Waals surface area contributed by atoms with Crippen molar-refractivity contribution in [2.45, 2.75) is 44.5 Å². The molecule has 2 heterocycles. The van der Waals surface area contributed by atoms with Crippen molar-refractivity contribution in [2.24, 2.45) is 0 Å². The van der Waals surface area contributed by atoms with Gasteiger partial charge < -0.3 is 14.8 Å². The lowest BCUT2D eigenvalue weighted by Crippen LogP contribution is -2.14. The van der Waals surface area contributed by atoms with Crippen LogP contribution in [-0.2, 0) is 12.7 Å². The Balaban J connectivity index is 1.55. The molecule has 3 aromatic rings. The van der Waals surface area contributed by atoms with E-state index in [-0.39, 0.29) is 17.6 Å². The molecule has 0 bridgehead atoms. The third-order valence-electron chi connectivity index (χ3n) is 4.85. The molecule has 1 aliphatic rings. The van der Waals surface area contributed by atoms with Gasteiger partial charge in [-0.1, -0.05) is 0 Å². The van der Waals surface area contributed by atoms with E-state index >= 15 is 0 Å². The number of alkyl halides is 3. The molecule has 154 valence electrons. The Bertz CT molecular complexity index is 999. The van der Waals surface area contributed by atoms with Crippen molar-refractivity contribution in [3.8, 4) is 11.5 Å². The van der Waals surface area contributed by atoms with E-state index in [0.717, 1.165) is 31.2 Å². The molecule has 1 saturated carbocycles. The van der Waals surface area contributed by atoms with Crippen molar-refractivity contribution < 1.29 is 22.6 Å². The third kappa shape index (κ3) is 4.20. The van der Waals surface area contributed by atoms with Crippen molar-refractivity contribution >= 4 is 11.5 Å². The summed E-state index contributed by atoms with van der Waals surface area (Å²) in [6, 6.07) is 8.51. The number of methoxy groups -OCH3 is 1. The second-order valence-electron chi connectivity index (χ2n) is 6.86. The average Bonchev–Trinajstić information content (AvgIpc) is 3.35. The van der Waals surface area contributed by atoms with Crippen LogP contribution in [0, 0.1) is 0 Å². The minimum atomic E-state index is -4.64. The summed E-state index contributed by atoms with van der Waals surface area (Å²) in [6.45, 7) is 0.327. The van der Waals surface area contributed by atoms with Crippen molar-refractivity contribution in [1.82, 2.24) is 19.8 Å². The fourth-order valence-electron chi connectivity index (χ4n) is 3.35. The van der Waals surface area contributed by atoms with E-state index in [1.807, 2.05) is 18.2 Å². The van der Waals surface area contributed by atoms with Gasteiger partial charge in [0.15, 0.2) is 5.65 Å². The summed E-state index contributed by atoms with van der Waals surface area (Å²) < 4.78 is 51.2. The maximum atomic E-state index is 13.0. The van der Waals surface area contributed by atoms with Crippen LogP contribution in [0.2, 0.25) is 0 Å². The maximum absolute atomic E-state index is 13.0. The molecule has 4 rings (SSSR count). The Hall–Kier alpha value is -3.04. The minimum Gasteiger partial charge on any atom is -0.497 e. The summed E-state index contributed by atoms with van der Waals surface area (Å²) in [5, 5.41) is 13.7. The van der Waals surface area contributed by atoms with Crippen molar-refractivity contribution in [3.63, 3.8) is 0 Å². The van der Waals surface area contributed by atoms with Crippen molar-refractivity contribution in [3.05, 3.63) is 41.7 Å². The van der Waals surface area contributed by atoms with Gasteiger partial charge >= 0.3 is 6.18 Å². The van der Waals surface area contributed by atoms with Gasteiger partial charge in [-0.2, -0.15) is 17.7 Å². The van der Waals surface area contributed by atoms with Crippen LogP contribution in [0.4, 0.5) is 19.0 Å². The molecule has 0 unspecified atom stereocenters. The van der Waals surface area contributed by atoms with Crippen LogP contribution in [0.5, 0.6) is 11.5 Å². The summed E-state index contributed by atoms with van der Waals surface area (Å²) in [6.07, 6.45) is -0.156. The number of benzene rings is 1. The van der Waals surface area contributed by atoms with Crippen LogP contribution in [0.1, 0.15) is 37.1 Å². The van der Waals surface area contributed by atoms with Crippen LogP contribution in [0.15, 0.2) is 30.3 Å². The molecule has 1 aliphatic carbocycles. The molecule has 1 aromatic carbocycles. The zero-order valence-corrected chi connectivity index (χ0v) is 15.7. The van der Waals surface area contributed by atoms with E-state index in [9.17, 15) is 13.2 Å². The number of rotatable bonds is 6. The van der Waals surface area contributed by atoms with Crippen LogP contribution in [0.3, 0.4) is 0 Å². The van der Waals surface area contributed by atoms with Gasteiger partial charge in [0.05, 0.1) is 13.2 Å². The number of hydrogen-bond acceptors (Lipinski definition) is 6. The Kier molecular flexibility index (Phi) is 5.16. The van der Waals surface area contributed by atoms with E-state index in [1.165, 1.54) is 6.07 Å². The number of ether oxygens (including phenoxy) is 2. The summed E-state index contributed by atoms with van der Waals surface area (Å²) in [7, 11) is 1.59. The molecule has 0 spiro atoms. The Morgan fingerprint density at radius 1 is 1.14 bits per heavy atom. The van der Waals surface area contributed by atoms with E-state index in [2.05, 4.69) is 20.6 Å². The van der Waals surface area contributed by atoms with E-state index in [4.69, 9.17) is 9.47 Å². The Morgan fingerprint density at radius 2 is 1.93 bits per heavy atom. The Morgan fingerprint density at radius 3 is 2.66 bits per heavy atom. The van der Waals surface area contributed by atoms with Gasteiger partial charge in [-0.25, -0.2) is 0 Å². The highest BCUT2D eigenvalue weighted by Crippen LogP contribution is 2.31. The standard InChI is InChI=1S/C19H20F3N5O2/c1-28-14-7-6-12(15(10-14)29-13-4-2-3-5-13)11-23-16-8-9-17-24-25-18(19(20,21)22)27(17)26-16/h6-10,13H,2-5,11H2,1H3,(H,23,26). The predicted molar refractivity (Wildman–Crippen MR) is 99.0 cm³/mol. The van der Waals surface area contributed by atoms with Gasteiger partial charge in [0, 0.05) is 18.2 Å². The molecule has 0 atom stereocenters. The highest BCUT2D eigenvalue weighted by atomic mass is 19.4. The van der Waals surface area contributed by atoms with Gasteiger partial charge in [-0.05, 0) is 49.9 Å². The predicted octanol–water partition coefficient (Wildman–Crippen LogP) is 4.09. The van der Waals surface area contributed by atoms with E-state index < -0.39 is 12.0 Å². The fraction of sp³-hybridized carbons (Fsp3) is 0.421. The lowest BCUT2D eigenvalue weighted by Gasteiger charge is -2.18. The lowest BCUT2D eigenvalue weighted by atomic mass is 10.1. The minimum absolute atomic E-state index is 0.0255. The van der Waals surface area contributed by atoms with Gasteiger partial charge in [0.25, 0.3) is 5.82 Å². The van der Waals surface area contributed by atoms with Gasteiger partial charge in [0.2, 0.25) is 0 Å². The molecule has 0 radical (unpaired) electrons. The summed E-state index contributed by atoms with van der Waals surface area (Å²) in [4.78, 5) is 0. The van der Waals surface area contributed by atoms with Gasteiger partial charge in [-0.15, -0.1) is 15.3 Å².